The van der Waals surface area contributed by atoms with Crippen LogP contribution < -0.4 is 10.1 Å². The third-order valence-corrected chi connectivity index (χ3v) is 5.12. The van der Waals surface area contributed by atoms with E-state index < -0.39 is 0 Å². The van der Waals surface area contributed by atoms with Crippen molar-refractivity contribution in [3.63, 3.8) is 0 Å². The van der Waals surface area contributed by atoms with Crippen molar-refractivity contribution in [1.82, 2.24) is 10.2 Å². The Morgan fingerprint density at radius 2 is 1.93 bits per heavy atom. The van der Waals surface area contributed by atoms with Crippen molar-refractivity contribution in [2.24, 2.45) is 0 Å². The predicted molar refractivity (Wildman–Crippen MR) is 108 cm³/mol. The van der Waals surface area contributed by atoms with Crippen LogP contribution in [-0.2, 0) is 11.3 Å². The maximum absolute atomic E-state index is 11.2. The van der Waals surface area contributed by atoms with Crippen LogP contribution in [0.5, 0.6) is 5.75 Å². The summed E-state index contributed by atoms with van der Waals surface area (Å²) in [7, 11) is 1.66. The van der Waals surface area contributed by atoms with Crippen LogP contribution in [-0.4, -0.2) is 49.8 Å². The van der Waals surface area contributed by atoms with Gasteiger partial charge in [-0.15, -0.1) is 0 Å². The fraction of sp³-hybridized carbons (Fsp3) is 0.429. The Morgan fingerprint density at radius 3 is 2.57 bits per heavy atom. The maximum Gasteiger partial charge on any atom is 0.272 e. The smallest absolute Gasteiger partial charge is 0.272 e. The number of morpholine rings is 1. The molecule has 0 radical (unpaired) electrons. The van der Waals surface area contributed by atoms with E-state index in [1.165, 1.54) is 5.56 Å². The van der Waals surface area contributed by atoms with E-state index in [1.54, 1.807) is 26.2 Å². The molecule has 1 fully saturated rings. The van der Waals surface area contributed by atoms with Gasteiger partial charge in [-0.3, -0.25) is 15.0 Å². The third-order valence-electron chi connectivity index (χ3n) is 5.12. The molecule has 0 aliphatic carbocycles. The minimum atomic E-state index is -0.327. The lowest BCUT2D eigenvalue weighted by atomic mass is 10.0. The summed E-state index contributed by atoms with van der Waals surface area (Å²) >= 11 is 0. The quantitative estimate of drug-likeness (QED) is 0.556. The molecule has 0 amide bonds. The topological polar surface area (TPSA) is 76.9 Å². The number of benzene rings is 2. The molecule has 0 bridgehead atoms. The van der Waals surface area contributed by atoms with Crippen LogP contribution in [0, 0.1) is 17.0 Å². The largest absolute Gasteiger partial charge is 0.497 e. The van der Waals surface area contributed by atoms with E-state index in [-0.39, 0.29) is 16.7 Å². The number of rotatable bonds is 8. The standard InChI is InChI=1S/C21H27N3O4/c1-16-3-4-17(13-20(16)24(25)26)14-22-15-21(23-9-11-28-12-10-23)18-5-7-19(27-2)8-6-18/h3-8,13,21-22H,9-12,14-15H2,1-2H3. The highest BCUT2D eigenvalue weighted by Crippen LogP contribution is 2.24. The molecule has 2 aromatic carbocycles. The number of nitrogens with zero attached hydrogens (tertiary/aromatic N) is 2. The first kappa shape index (κ1) is 20.3. The highest BCUT2D eigenvalue weighted by atomic mass is 16.6. The summed E-state index contributed by atoms with van der Waals surface area (Å²) in [6.07, 6.45) is 0. The Hall–Kier alpha value is -2.48. The summed E-state index contributed by atoms with van der Waals surface area (Å²) in [5.41, 5.74) is 2.97. The molecule has 1 unspecified atom stereocenters. The lowest BCUT2D eigenvalue weighted by molar-refractivity contribution is -0.385. The molecule has 1 saturated heterocycles. The van der Waals surface area contributed by atoms with E-state index in [1.807, 2.05) is 18.2 Å². The summed E-state index contributed by atoms with van der Waals surface area (Å²) in [4.78, 5) is 13.2. The van der Waals surface area contributed by atoms with Gasteiger partial charge in [-0.1, -0.05) is 24.3 Å². The number of ether oxygens (including phenoxy) is 2. The molecule has 7 heteroatoms. The fourth-order valence-corrected chi connectivity index (χ4v) is 3.49. The Labute approximate surface area is 165 Å². The first-order chi connectivity index (χ1) is 13.6. The molecular weight excluding hydrogens is 358 g/mol. The van der Waals surface area contributed by atoms with E-state index in [2.05, 4.69) is 22.3 Å². The second-order valence-corrected chi connectivity index (χ2v) is 6.95. The molecule has 1 aliphatic rings. The fourth-order valence-electron chi connectivity index (χ4n) is 3.49. The van der Waals surface area contributed by atoms with Crippen molar-refractivity contribution in [2.45, 2.75) is 19.5 Å². The average molecular weight is 385 g/mol. The molecule has 0 aromatic heterocycles. The Bertz CT molecular complexity index is 789. The van der Waals surface area contributed by atoms with Gasteiger partial charge in [0.05, 0.1) is 25.2 Å². The van der Waals surface area contributed by atoms with E-state index in [0.717, 1.165) is 44.2 Å². The molecule has 150 valence electrons. The van der Waals surface area contributed by atoms with Crippen LogP contribution in [0.1, 0.15) is 22.7 Å². The zero-order valence-electron chi connectivity index (χ0n) is 16.4. The number of nitrogens with one attached hydrogen (secondary N) is 1. The molecule has 2 aromatic rings. The molecule has 1 aliphatic heterocycles. The van der Waals surface area contributed by atoms with E-state index in [0.29, 0.717) is 12.1 Å². The van der Waals surface area contributed by atoms with Crippen molar-refractivity contribution in [3.05, 3.63) is 69.3 Å². The highest BCUT2D eigenvalue weighted by molar-refractivity contribution is 5.42. The second-order valence-electron chi connectivity index (χ2n) is 6.95. The minimum Gasteiger partial charge on any atom is -0.497 e. The van der Waals surface area contributed by atoms with E-state index in [9.17, 15) is 10.1 Å². The number of nitro benzene ring substituents is 1. The lowest BCUT2D eigenvalue weighted by Gasteiger charge is -2.35. The molecule has 1 N–H and O–H groups in total. The third kappa shape index (κ3) is 5.07. The summed E-state index contributed by atoms with van der Waals surface area (Å²) < 4.78 is 10.8. The average Bonchev–Trinajstić information content (AvgIpc) is 2.73. The molecule has 28 heavy (non-hydrogen) atoms. The summed E-state index contributed by atoms with van der Waals surface area (Å²) in [6.45, 7) is 6.32. The highest BCUT2D eigenvalue weighted by Gasteiger charge is 2.22. The maximum atomic E-state index is 11.2. The second kappa shape index (κ2) is 9.64. The Morgan fingerprint density at radius 1 is 1.21 bits per heavy atom. The number of methoxy groups -OCH3 is 1. The van der Waals surface area contributed by atoms with Gasteiger partial charge in [0.1, 0.15) is 5.75 Å². The van der Waals surface area contributed by atoms with Crippen molar-refractivity contribution in [3.8, 4) is 5.75 Å². The Kier molecular flexibility index (Phi) is 6.97. The summed E-state index contributed by atoms with van der Waals surface area (Å²) in [5.74, 6) is 0.837. The van der Waals surface area contributed by atoms with Gasteiger partial charge in [-0.25, -0.2) is 0 Å². The Balaban J connectivity index is 1.69. The van der Waals surface area contributed by atoms with Crippen molar-refractivity contribution in [1.29, 1.82) is 0 Å². The number of nitro groups is 1. The molecule has 7 nitrogen and oxygen atoms in total. The van der Waals surface area contributed by atoms with Gasteiger partial charge in [0.2, 0.25) is 0 Å². The predicted octanol–water partition coefficient (Wildman–Crippen LogP) is 3.07. The number of hydrogen-bond acceptors (Lipinski definition) is 6. The number of hydrogen-bond donors (Lipinski definition) is 1. The number of aryl methyl sites for hydroxylation is 1. The SMILES string of the molecule is COc1ccc(C(CNCc2ccc(C)c([N+](=O)[O-])c2)N2CCOCC2)cc1. The van der Waals surface area contributed by atoms with Crippen LogP contribution in [0.2, 0.25) is 0 Å². The van der Waals surface area contributed by atoms with E-state index in [4.69, 9.17) is 9.47 Å². The first-order valence-corrected chi connectivity index (χ1v) is 9.49. The molecule has 3 rings (SSSR count). The van der Waals surface area contributed by atoms with Crippen LogP contribution in [0.25, 0.3) is 0 Å². The van der Waals surface area contributed by atoms with Gasteiger partial charge in [0.25, 0.3) is 5.69 Å². The van der Waals surface area contributed by atoms with Gasteiger partial charge in [-0.05, 0) is 30.2 Å². The summed E-state index contributed by atoms with van der Waals surface area (Å²) in [6, 6.07) is 13.7. The monoisotopic (exact) mass is 385 g/mol. The molecule has 1 heterocycles. The van der Waals surface area contributed by atoms with Crippen LogP contribution in [0.4, 0.5) is 5.69 Å². The van der Waals surface area contributed by atoms with Gasteiger partial charge in [-0.2, -0.15) is 0 Å². The zero-order valence-corrected chi connectivity index (χ0v) is 16.4. The van der Waals surface area contributed by atoms with Crippen LogP contribution in [0.3, 0.4) is 0 Å². The van der Waals surface area contributed by atoms with E-state index >= 15 is 0 Å². The summed E-state index contributed by atoms with van der Waals surface area (Å²) in [5, 5.41) is 14.6. The zero-order chi connectivity index (χ0) is 19.9. The van der Waals surface area contributed by atoms with Gasteiger partial charge >= 0.3 is 0 Å². The van der Waals surface area contributed by atoms with Crippen molar-refractivity contribution >= 4 is 5.69 Å². The van der Waals surface area contributed by atoms with Gasteiger partial charge in [0, 0.05) is 43.9 Å². The van der Waals surface area contributed by atoms with Gasteiger partial charge < -0.3 is 14.8 Å². The first-order valence-electron chi connectivity index (χ1n) is 9.49. The molecule has 1 atom stereocenters. The van der Waals surface area contributed by atoms with Crippen LogP contribution >= 0.6 is 0 Å². The molecule has 0 saturated carbocycles. The lowest BCUT2D eigenvalue weighted by Crippen LogP contribution is -2.42. The minimum absolute atomic E-state index is 0.166. The normalized spacial score (nSPS) is 15.9. The van der Waals surface area contributed by atoms with Crippen molar-refractivity contribution in [2.75, 3.05) is 40.0 Å². The van der Waals surface area contributed by atoms with Crippen LogP contribution in [0.15, 0.2) is 42.5 Å². The van der Waals surface area contributed by atoms with Gasteiger partial charge in [0.15, 0.2) is 0 Å². The molecule has 0 spiro atoms. The molecular formula is C21H27N3O4. The van der Waals surface area contributed by atoms with Crippen molar-refractivity contribution < 1.29 is 14.4 Å².